The Morgan fingerprint density at radius 3 is 2.48 bits per heavy atom. The minimum Gasteiger partial charge on any atom is -0.495 e. The third kappa shape index (κ3) is 4.88. The van der Waals surface area contributed by atoms with Gasteiger partial charge in [0.2, 0.25) is 5.91 Å². The van der Waals surface area contributed by atoms with Crippen molar-refractivity contribution in [2.75, 3.05) is 30.8 Å². The van der Waals surface area contributed by atoms with Crippen LogP contribution in [0.15, 0.2) is 18.2 Å². The Labute approximate surface area is 151 Å². The Morgan fingerprint density at radius 1 is 1.12 bits per heavy atom. The van der Waals surface area contributed by atoms with Crippen molar-refractivity contribution >= 4 is 17.3 Å². The summed E-state index contributed by atoms with van der Waals surface area (Å²) in [5, 5.41) is 6.48. The van der Waals surface area contributed by atoms with E-state index in [2.05, 4.69) is 15.5 Å². The van der Waals surface area contributed by atoms with Crippen molar-refractivity contribution in [2.45, 2.75) is 64.0 Å². The van der Waals surface area contributed by atoms with Crippen molar-refractivity contribution in [2.24, 2.45) is 0 Å². The number of amides is 1. The first-order valence-corrected chi connectivity index (χ1v) is 9.62. The normalized spacial score (nSPS) is 20.2. The standard InChI is InChI=1S/C20H31N3O2/c1-15(24)21-17-8-9-20(25-2)19(14-17)22-16-10-12-23(13-11-16)18-6-4-3-5-7-18/h8-9,14,16,18,22H,3-7,10-13H2,1-2H3,(H,21,24). The predicted molar refractivity (Wildman–Crippen MR) is 102 cm³/mol. The average Bonchev–Trinajstić information content (AvgIpc) is 2.63. The maximum atomic E-state index is 11.3. The van der Waals surface area contributed by atoms with Crippen molar-refractivity contribution in [1.29, 1.82) is 0 Å². The zero-order chi connectivity index (χ0) is 17.6. The topological polar surface area (TPSA) is 53.6 Å². The van der Waals surface area contributed by atoms with Crippen LogP contribution >= 0.6 is 0 Å². The zero-order valence-corrected chi connectivity index (χ0v) is 15.5. The SMILES string of the molecule is COc1ccc(NC(C)=O)cc1NC1CCN(C2CCCCC2)CC1. The van der Waals surface area contributed by atoms with Crippen molar-refractivity contribution in [3.05, 3.63) is 18.2 Å². The maximum Gasteiger partial charge on any atom is 0.221 e. The van der Waals surface area contributed by atoms with Gasteiger partial charge in [0.05, 0.1) is 12.8 Å². The summed E-state index contributed by atoms with van der Waals surface area (Å²) in [4.78, 5) is 14.0. The molecule has 1 aromatic carbocycles. The Kier molecular flexibility index (Phi) is 6.19. The van der Waals surface area contributed by atoms with Gasteiger partial charge in [0, 0.05) is 37.8 Å². The molecule has 1 aliphatic carbocycles. The number of likely N-dealkylation sites (tertiary alicyclic amines) is 1. The van der Waals surface area contributed by atoms with Crippen LogP contribution in [-0.4, -0.2) is 43.1 Å². The molecule has 2 aliphatic rings. The van der Waals surface area contributed by atoms with Crippen LogP contribution in [0.4, 0.5) is 11.4 Å². The number of nitrogens with zero attached hydrogens (tertiary/aromatic N) is 1. The van der Waals surface area contributed by atoms with Gasteiger partial charge in [-0.2, -0.15) is 0 Å². The summed E-state index contributed by atoms with van der Waals surface area (Å²) in [5.41, 5.74) is 1.76. The molecule has 1 saturated heterocycles. The number of rotatable bonds is 5. The number of anilines is 2. The molecule has 5 heteroatoms. The van der Waals surface area contributed by atoms with Crippen molar-refractivity contribution < 1.29 is 9.53 Å². The number of hydrogen-bond donors (Lipinski definition) is 2. The number of carbonyl (C=O) groups is 1. The van der Waals surface area contributed by atoms with Crippen LogP contribution in [0.2, 0.25) is 0 Å². The first-order valence-electron chi connectivity index (χ1n) is 9.62. The monoisotopic (exact) mass is 345 g/mol. The quantitative estimate of drug-likeness (QED) is 0.851. The number of benzene rings is 1. The van der Waals surface area contributed by atoms with Gasteiger partial charge in [0.1, 0.15) is 5.75 Å². The predicted octanol–water partition coefficient (Wildman–Crippen LogP) is 3.86. The Bertz CT molecular complexity index is 576. The fourth-order valence-electron chi connectivity index (χ4n) is 4.18. The van der Waals surface area contributed by atoms with E-state index in [1.54, 1.807) is 7.11 Å². The van der Waals surface area contributed by atoms with Gasteiger partial charge in [-0.05, 0) is 43.9 Å². The summed E-state index contributed by atoms with van der Waals surface area (Å²) < 4.78 is 5.48. The second kappa shape index (κ2) is 8.56. The van der Waals surface area contributed by atoms with Gasteiger partial charge in [0.15, 0.2) is 0 Å². The molecule has 0 bridgehead atoms. The van der Waals surface area contributed by atoms with Crippen LogP contribution in [0.5, 0.6) is 5.75 Å². The molecular formula is C20H31N3O2. The molecule has 5 nitrogen and oxygen atoms in total. The Balaban J connectivity index is 1.58. The van der Waals surface area contributed by atoms with E-state index in [0.717, 1.165) is 36.0 Å². The third-order valence-electron chi connectivity index (χ3n) is 5.50. The number of carbonyl (C=O) groups excluding carboxylic acids is 1. The number of hydrogen-bond acceptors (Lipinski definition) is 4. The highest BCUT2D eigenvalue weighted by atomic mass is 16.5. The molecule has 3 rings (SSSR count). The molecule has 0 unspecified atom stereocenters. The molecule has 1 heterocycles. The molecule has 0 atom stereocenters. The largest absolute Gasteiger partial charge is 0.495 e. The number of nitrogens with one attached hydrogen (secondary N) is 2. The van der Waals surface area contributed by atoms with Gasteiger partial charge in [0.25, 0.3) is 0 Å². The maximum absolute atomic E-state index is 11.3. The van der Waals surface area contributed by atoms with Crippen LogP contribution in [0, 0.1) is 0 Å². The van der Waals surface area contributed by atoms with Gasteiger partial charge < -0.3 is 20.3 Å². The molecular weight excluding hydrogens is 314 g/mol. The van der Waals surface area contributed by atoms with Crippen molar-refractivity contribution in [1.82, 2.24) is 4.90 Å². The summed E-state index contributed by atoms with van der Waals surface area (Å²) >= 11 is 0. The smallest absolute Gasteiger partial charge is 0.221 e. The zero-order valence-electron chi connectivity index (χ0n) is 15.5. The van der Waals surface area contributed by atoms with Crippen LogP contribution in [0.1, 0.15) is 51.9 Å². The van der Waals surface area contributed by atoms with Crippen molar-refractivity contribution in [3.8, 4) is 5.75 Å². The highest BCUT2D eigenvalue weighted by molar-refractivity contribution is 5.89. The second-order valence-corrected chi connectivity index (χ2v) is 7.34. The summed E-state index contributed by atoms with van der Waals surface area (Å²) in [5.74, 6) is 0.765. The van der Waals surface area contributed by atoms with Gasteiger partial charge >= 0.3 is 0 Å². The Morgan fingerprint density at radius 2 is 1.84 bits per heavy atom. The van der Waals surface area contributed by atoms with E-state index in [1.165, 1.54) is 52.1 Å². The highest BCUT2D eigenvalue weighted by Crippen LogP contribution is 2.31. The number of methoxy groups -OCH3 is 1. The first-order chi connectivity index (χ1) is 12.2. The fraction of sp³-hybridized carbons (Fsp3) is 0.650. The lowest BCUT2D eigenvalue weighted by molar-refractivity contribution is -0.114. The van der Waals surface area contributed by atoms with Gasteiger partial charge in [-0.1, -0.05) is 19.3 Å². The van der Waals surface area contributed by atoms with Crippen LogP contribution < -0.4 is 15.4 Å². The molecule has 1 aromatic rings. The van der Waals surface area contributed by atoms with Crippen molar-refractivity contribution in [3.63, 3.8) is 0 Å². The molecule has 2 fully saturated rings. The lowest BCUT2D eigenvalue weighted by atomic mass is 9.92. The van der Waals surface area contributed by atoms with E-state index >= 15 is 0 Å². The fourth-order valence-corrected chi connectivity index (χ4v) is 4.18. The molecule has 0 radical (unpaired) electrons. The second-order valence-electron chi connectivity index (χ2n) is 7.34. The molecule has 2 N–H and O–H groups in total. The van der Waals surface area contributed by atoms with Crippen LogP contribution in [-0.2, 0) is 4.79 Å². The van der Waals surface area contributed by atoms with E-state index in [-0.39, 0.29) is 5.91 Å². The number of piperidine rings is 1. The van der Waals surface area contributed by atoms with Gasteiger partial charge in [-0.25, -0.2) is 0 Å². The molecule has 1 aliphatic heterocycles. The highest BCUT2D eigenvalue weighted by Gasteiger charge is 2.26. The summed E-state index contributed by atoms with van der Waals surface area (Å²) in [6.07, 6.45) is 9.29. The first kappa shape index (κ1) is 18.1. The summed E-state index contributed by atoms with van der Waals surface area (Å²) in [6, 6.07) is 7.02. The Hall–Kier alpha value is -1.75. The molecule has 0 spiro atoms. The minimum absolute atomic E-state index is 0.0584. The molecule has 1 amide bonds. The summed E-state index contributed by atoms with van der Waals surface area (Å²) in [6.45, 7) is 3.88. The third-order valence-corrected chi connectivity index (χ3v) is 5.50. The lowest BCUT2D eigenvalue weighted by Gasteiger charge is -2.39. The minimum atomic E-state index is -0.0584. The van der Waals surface area contributed by atoms with Gasteiger partial charge in [-0.15, -0.1) is 0 Å². The lowest BCUT2D eigenvalue weighted by Crippen LogP contribution is -2.45. The molecule has 0 aromatic heterocycles. The van der Waals surface area contributed by atoms with E-state index < -0.39 is 0 Å². The van der Waals surface area contributed by atoms with E-state index in [4.69, 9.17) is 4.74 Å². The summed E-state index contributed by atoms with van der Waals surface area (Å²) in [7, 11) is 1.68. The number of ether oxygens (including phenoxy) is 1. The molecule has 25 heavy (non-hydrogen) atoms. The van der Waals surface area contributed by atoms with E-state index in [9.17, 15) is 4.79 Å². The van der Waals surface area contributed by atoms with Gasteiger partial charge in [-0.3, -0.25) is 4.79 Å². The molecule has 138 valence electrons. The van der Waals surface area contributed by atoms with Crippen LogP contribution in [0.3, 0.4) is 0 Å². The van der Waals surface area contributed by atoms with Crippen LogP contribution in [0.25, 0.3) is 0 Å². The molecule has 1 saturated carbocycles. The average molecular weight is 345 g/mol. The van der Waals surface area contributed by atoms with E-state index in [1.807, 2.05) is 18.2 Å². The van der Waals surface area contributed by atoms with E-state index in [0.29, 0.717) is 6.04 Å².